The molecule has 0 atom stereocenters. The quantitative estimate of drug-likeness (QED) is 0.725. The van der Waals surface area contributed by atoms with Gasteiger partial charge in [-0.2, -0.15) is 0 Å². The Labute approximate surface area is 79.4 Å². The van der Waals surface area contributed by atoms with Gasteiger partial charge >= 0.3 is 0 Å². The van der Waals surface area contributed by atoms with Crippen molar-refractivity contribution >= 4 is 27.5 Å². The van der Waals surface area contributed by atoms with Gasteiger partial charge in [0.1, 0.15) is 5.75 Å². The summed E-state index contributed by atoms with van der Waals surface area (Å²) in [7, 11) is 1.62. The van der Waals surface area contributed by atoms with E-state index >= 15 is 0 Å². The van der Waals surface area contributed by atoms with Gasteiger partial charge in [-0.05, 0) is 40.5 Å². The maximum Gasteiger partial charge on any atom is 0.134 e. The van der Waals surface area contributed by atoms with Gasteiger partial charge in [-0.15, -0.1) is 0 Å². The molecule has 0 aliphatic rings. The molecule has 0 unspecified atom stereocenters. The lowest BCUT2D eigenvalue weighted by Crippen LogP contribution is -1.85. The second kappa shape index (κ2) is 3.46. The fraction of sp³-hybridized carbons (Fsp3) is 0.250. The zero-order valence-corrected chi connectivity index (χ0v) is 8.66. The van der Waals surface area contributed by atoms with E-state index in [2.05, 4.69) is 15.9 Å². The Balaban J connectivity index is 3.24. The van der Waals surface area contributed by atoms with Crippen molar-refractivity contribution in [3.63, 3.8) is 0 Å². The number of rotatable bonds is 1. The molecule has 0 aliphatic carbocycles. The van der Waals surface area contributed by atoms with Crippen LogP contribution < -0.4 is 4.74 Å². The van der Waals surface area contributed by atoms with Crippen LogP contribution >= 0.6 is 27.5 Å². The average Bonchev–Trinajstić information content (AvgIpc) is 1.96. The monoisotopic (exact) mass is 234 g/mol. The molecule has 3 heteroatoms. The molecule has 0 bridgehead atoms. The molecule has 60 valence electrons. The molecule has 1 nitrogen and oxygen atoms in total. The van der Waals surface area contributed by atoms with Crippen LogP contribution in [0, 0.1) is 6.92 Å². The summed E-state index contributed by atoms with van der Waals surface area (Å²) in [4.78, 5) is 0. The molecule has 0 radical (unpaired) electrons. The van der Waals surface area contributed by atoms with Gasteiger partial charge in [0, 0.05) is 0 Å². The van der Waals surface area contributed by atoms with Crippen LogP contribution in [-0.4, -0.2) is 7.11 Å². The van der Waals surface area contributed by atoms with Crippen molar-refractivity contribution in [1.29, 1.82) is 0 Å². The molecule has 11 heavy (non-hydrogen) atoms. The molecule has 0 saturated carbocycles. The summed E-state index contributed by atoms with van der Waals surface area (Å²) in [6.45, 7) is 1.97. The second-order valence-electron chi connectivity index (χ2n) is 2.26. The van der Waals surface area contributed by atoms with E-state index in [-0.39, 0.29) is 0 Å². The van der Waals surface area contributed by atoms with Crippen LogP contribution in [0.25, 0.3) is 0 Å². The molecule has 0 spiro atoms. The molecule has 1 aromatic rings. The van der Waals surface area contributed by atoms with E-state index < -0.39 is 0 Å². The average molecular weight is 236 g/mol. The first-order valence-electron chi connectivity index (χ1n) is 3.15. The van der Waals surface area contributed by atoms with Crippen LogP contribution in [0.2, 0.25) is 5.02 Å². The van der Waals surface area contributed by atoms with E-state index in [9.17, 15) is 0 Å². The molecule has 0 saturated heterocycles. The number of ether oxygens (including phenoxy) is 1. The lowest BCUT2D eigenvalue weighted by molar-refractivity contribution is 0.412. The largest absolute Gasteiger partial charge is 0.496 e. The number of hydrogen-bond donors (Lipinski definition) is 0. The number of halogens is 2. The van der Waals surface area contributed by atoms with Crippen molar-refractivity contribution in [2.75, 3.05) is 7.11 Å². The normalized spacial score (nSPS) is 9.82. The molecule has 1 rings (SSSR count). The van der Waals surface area contributed by atoms with Crippen molar-refractivity contribution in [3.8, 4) is 5.75 Å². The molecule has 0 aliphatic heterocycles. The summed E-state index contributed by atoms with van der Waals surface area (Å²) in [5.41, 5.74) is 1.09. The first-order chi connectivity index (χ1) is 5.15. The number of aryl methyl sites for hydroxylation is 1. The molecule has 0 amide bonds. The molecule has 0 N–H and O–H groups in total. The third-order valence-corrected chi connectivity index (χ3v) is 2.70. The van der Waals surface area contributed by atoms with Gasteiger partial charge in [0.25, 0.3) is 0 Å². The zero-order chi connectivity index (χ0) is 8.43. The van der Waals surface area contributed by atoms with Crippen LogP contribution in [0.15, 0.2) is 16.6 Å². The zero-order valence-electron chi connectivity index (χ0n) is 6.32. The van der Waals surface area contributed by atoms with Crippen molar-refractivity contribution in [3.05, 3.63) is 27.2 Å². The van der Waals surface area contributed by atoms with Gasteiger partial charge in [0.2, 0.25) is 0 Å². The number of hydrogen-bond acceptors (Lipinski definition) is 1. The van der Waals surface area contributed by atoms with Crippen LogP contribution in [0.5, 0.6) is 5.75 Å². The van der Waals surface area contributed by atoms with Crippen molar-refractivity contribution in [1.82, 2.24) is 0 Å². The Morgan fingerprint density at radius 3 is 2.64 bits per heavy atom. The predicted octanol–water partition coefficient (Wildman–Crippen LogP) is 3.42. The predicted molar refractivity (Wildman–Crippen MR) is 50.4 cm³/mol. The highest BCUT2D eigenvalue weighted by Crippen LogP contribution is 2.33. The molecular formula is C8H8BrClO. The minimum absolute atomic E-state index is 0.682. The van der Waals surface area contributed by atoms with Crippen LogP contribution in [-0.2, 0) is 0 Å². The van der Waals surface area contributed by atoms with Crippen LogP contribution in [0.4, 0.5) is 0 Å². The standard InChI is InChI=1S/C8H8BrClO/c1-5-3-6(10)8(9)7(4-5)11-2/h3-4H,1-2H3. The lowest BCUT2D eigenvalue weighted by atomic mass is 10.2. The van der Waals surface area contributed by atoms with E-state index in [4.69, 9.17) is 16.3 Å². The summed E-state index contributed by atoms with van der Waals surface area (Å²) >= 11 is 9.19. The first kappa shape index (κ1) is 8.88. The third-order valence-electron chi connectivity index (χ3n) is 1.36. The van der Waals surface area contributed by atoms with Gasteiger partial charge in [-0.3, -0.25) is 0 Å². The molecular weight excluding hydrogens is 227 g/mol. The lowest BCUT2D eigenvalue weighted by Gasteiger charge is -2.05. The summed E-state index contributed by atoms with van der Waals surface area (Å²) in [6.07, 6.45) is 0. The fourth-order valence-electron chi connectivity index (χ4n) is 0.841. The third kappa shape index (κ3) is 1.88. The summed E-state index contributed by atoms with van der Waals surface area (Å²) in [5.74, 6) is 0.773. The van der Waals surface area contributed by atoms with Gasteiger partial charge in [-0.25, -0.2) is 0 Å². The van der Waals surface area contributed by atoms with E-state index in [1.807, 2.05) is 19.1 Å². The Bertz CT molecular complexity index is 273. The van der Waals surface area contributed by atoms with Gasteiger partial charge in [0.05, 0.1) is 16.6 Å². The number of benzene rings is 1. The Kier molecular flexibility index (Phi) is 2.79. The van der Waals surface area contributed by atoms with Crippen molar-refractivity contribution in [2.24, 2.45) is 0 Å². The topological polar surface area (TPSA) is 9.23 Å². The van der Waals surface area contributed by atoms with Gasteiger partial charge < -0.3 is 4.74 Å². The highest BCUT2D eigenvalue weighted by atomic mass is 79.9. The fourth-order valence-corrected chi connectivity index (χ4v) is 1.50. The highest BCUT2D eigenvalue weighted by molar-refractivity contribution is 9.10. The maximum atomic E-state index is 5.87. The molecule has 0 heterocycles. The number of methoxy groups -OCH3 is 1. The van der Waals surface area contributed by atoms with Crippen molar-refractivity contribution in [2.45, 2.75) is 6.92 Å². The SMILES string of the molecule is COc1cc(C)cc(Cl)c1Br. The van der Waals surface area contributed by atoms with E-state index in [0.717, 1.165) is 15.8 Å². The maximum absolute atomic E-state index is 5.87. The van der Waals surface area contributed by atoms with Gasteiger partial charge in [0.15, 0.2) is 0 Å². The van der Waals surface area contributed by atoms with Crippen molar-refractivity contribution < 1.29 is 4.74 Å². The Hall–Kier alpha value is -0.210. The van der Waals surface area contributed by atoms with Crippen LogP contribution in [0.1, 0.15) is 5.56 Å². The minimum Gasteiger partial charge on any atom is -0.496 e. The molecule has 0 aromatic heterocycles. The van der Waals surface area contributed by atoms with E-state index in [0.29, 0.717) is 5.02 Å². The summed E-state index contributed by atoms with van der Waals surface area (Å²) in [6, 6.07) is 3.81. The molecule has 0 fully saturated rings. The molecule has 1 aromatic carbocycles. The summed E-state index contributed by atoms with van der Waals surface area (Å²) in [5, 5.41) is 0.682. The second-order valence-corrected chi connectivity index (χ2v) is 3.46. The van der Waals surface area contributed by atoms with Gasteiger partial charge in [-0.1, -0.05) is 11.6 Å². The van der Waals surface area contributed by atoms with E-state index in [1.54, 1.807) is 7.11 Å². The Morgan fingerprint density at radius 1 is 1.45 bits per heavy atom. The first-order valence-corrected chi connectivity index (χ1v) is 4.32. The minimum atomic E-state index is 0.682. The Morgan fingerprint density at radius 2 is 2.09 bits per heavy atom. The highest BCUT2D eigenvalue weighted by Gasteiger charge is 2.04. The smallest absolute Gasteiger partial charge is 0.134 e. The summed E-state index contributed by atoms with van der Waals surface area (Å²) < 4.78 is 5.89. The van der Waals surface area contributed by atoms with Crippen LogP contribution in [0.3, 0.4) is 0 Å². The van der Waals surface area contributed by atoms with E-state index in [1.165, 1.54) is 0 Å².